The Bertz CT molecular complexity index is 958. The molecule has 11 heteroatoms. The molecule has 0 aliphatic heterocycles. The second-order valence-electron chi connectivity index (χ2n) is 5.42. The Morgan fingerprint density at radius 2 is 1.96 bits per heavy atom. The average Bonchev–Trinajstić information content (AvgIpc) is 3.16. The summed E-state index contributed by atoms with van der Waals surface area (Å²) >= 11 is 0. The maximum atomic E-state index is 12.5. The first-order valence-corrected chi connectivity index (χ1v) is 7.91. The van der Waals surface area contributed by atoms with Gasteiger partial charge < -0.3 is 19.7 Å². The zero-order chi connectivity index (χ0) is 20.1. The quantitative estimate of drug-likeness (QED) is 0.619. The van der Waals surface area contributed by atoms with Crippen LogP contribution in [-0.4, -0.2) is 39.3 Å². The summed E-state index contributed by atoms with van der Waals surface area (Å²) in [7, 11) is 0. The molecule has 1 aromatic carbocycles. The highest BCUT2D eigenvalue weighted by Gasteiger charge is 2.38. The lowest BCUT2D eigenvalue weighted by molar-refractivity contribution is -0.159. The Labute approximate surface area is 156 Å². The van der Waals surface area contributed by atoms with E-state index < -0.39 is 18.0 Å². The predicted octanol–water partition coefficient (Wildman–Crippen LogP) is 2.66. The summed E-state index contributed by atoms with van der Waals surface area (Å²) in [6, 6.07) is 8.84. The van der Waals surface area contributed by atoms with E-state index in [1.807, 2.05) is 0 Å². The molecule has 0 aliphatic rings. The van der Waals surface area contributed by atoms with Crippen molar-refractivity contribution in [2.45, 2.75) is 6.18 Å². The van der Waals surface area contributed by atoms with E-state index in [1.54, 1.807) is 0 Å². The molecule has 2 aromatic heterocycles. The van der Waals surface area contributed by atoms with Crippen molar-refractivity contribution in [3.63, 3.8) is 0 Å². The van der Waals surface area contributed by atoms with Gasteiger partial charge in [0.25, 0.3) is 5.91 Å². The number of amides is 1. The predicted molar refractivity (Wildman–Crippen MR) is 88.5 cm³/mol. The van der Waals surface area contributed by atoms with Crippen molar-refractivity contribution < 1.29 is 32.3 Å². The SMILES string of the molecule is O=C(NCCOc1ccc(-c2noc(C(F)(F)F)n2)cc1)c1ncccc1O. The molecule has 0 bridgehead atoms. The van der Waals surface area contributed by atoms with Gasteiger partial charge in [0.1, 0.15) is 18.1 Å². The number of alkyl halides is 3. The molecule has 3 aromatic rings. The fourth-order valence-electron chi connectivity index (χ4n) is 2.15. The van der Waals surface area contributed by atoms with Crippen LogP contribution in [0.2, 0.25) is 0 Å². The fraction of sp³-hybridized carbons (Fsp3) is 0.176. The number of ether oxygens (including phenoxy) is 1. The zero-order valence-corrected chi connectivity index (χ0v) is 14.1. The van der Waals surface area contributed by atoms with Gasteiger partial charge >= 0.3 is 12.1 Å². The van der Waals surface area contributed by atoms with Crippen LogP contribution in [0.3, 0.4) is 0 Å². The number of halogens is 3. The number of carbonyl (C=O) groups excluding carboxylic acids is 1. The summed E-state index contributed by atoms with van der Waals surface area (Å²) in [6.45, 7) is 0.273. The lowest BCUT2D eigenvalue weighted by Crippen LogP contribution is -2.28. The van der Waals surface area contributed by atoms with Gasteiger partial charge in [-0.15, -0.1) is 0 Å². The molecule has 2 heterocycles. The number of aromatic nitrogens is 3. The molecule has 2 N–H and O–H groups in total. The second-order valence-corrected chi connectivity index (χ2v) is 5.42. The van der Waals surface area contributed by atoms with Crippen LogP contribution < -0.4 is 10.1 Å². The van der Waals surface area contributed by atoms with E-state index in [0.29, 0.717) is 11.3 Å². The summed E-state index contributed by atoms with van der Waals surface area (Å²) in [4.78, 5) is 18.9. The number of hydrogen-bond donors (Lipinski definition) is 2. The van der Waals surface area contributed by atoms with Crippen molar-refractivity contribution in [2.24, 2.45) is 0 Å². The molecule has 0 radical (unpaired) electrons. The van der Waals surface area contributed by atoms with E-state index in [9.17, 15) is 23.1 Å². The van der Waals surface area contributed by atoms with E-state index in [0.717, 1.165) is 0 Å². The van der Waals surface area contributed by atoms with Crippen LogP contribution in [0.1, 0.15) is 16.4 Å². The summed E-state index contributed by atoms with van der Waals surface area (Å²) in [5.41, 5.74) is 0.232. The summed E-state index contributed by atoms with van der Waals surface area (Å²) in [5, 5.41) is 15.4. The van der Waals surface area contributed by atoms with E-state index in [2.05, 4.69) is 25.0 Å². The third-order valence-electron chi connectivity index (χ3n) is 3.44. The first-order valence-electron chi connectivity index (χ1n) is 7.91. The molecule has 0 fully saturated rings. The normalized spacial score (nSPS) is 11.2. The van der Waals surface area contributed by atoms with Crippen molar-refractivity contribution >= 4 is 5.91 Å². The van der Waals surface area contributed by atoms with E-state index in [4.69, 9.17) is 4.74 Å². The molecule has 28 heavy (non-hydrogen) atoms. The van der Waals surface area contributed by atoms with Gasteiger partial charge in [-0.25, -0.2) is 4.98 Å². The number of aromatic hydroxyl groups is 1. The Kier molecular flexibility index (Phi) is 5.43. The van der Waals surface area contributed by atoms with Crippen molar-refractivity contribution in [1.82, 2.24) is 20.4 Å². The monoisotopic (exact) mass is 394 g/mol. The molecule has 3 rings (SSSR count). The van der Waals surface area contributed by atoms with Gasteiger partial charge in [-0.3, -0.25) is 4.79 Å². The summed E-state index contributed by atoms with van der Waals surface area (Å²) in [5.74, 6) is -1.96. The average molecular weight is 394 g/mol. The number of carbonyl (C=O) groups is 1. The van der Waals surface area contributed by atoms with Crippen molar-refractivity contribution in [3.05, 3.63) is 54.2 Å². The highest BCUT2D eigenvalue weighted by molar-refractivity contribution is 5.94. The maximum Gasteiger partial charge on any atom is 0.471 e. The van der Waals surface area contributed by atoms with E-state index in [-0.39, 0.29) is 30.4 Å². The van der Waals surface area contributed by atoms with Crippen molar-refractivity contribution in [1.29, 1.82) is 0 Å². The van der Waals surface area contributed by atoms with Gasteiger partial charge in [0.05, 0.1) is 6.54 Å². The number of benzene rings is 1. The van der Waals surface area contributed by atoms with Gasteiger partial charge in [0, 0.05) is 11.8 Å². The van der Waals surface area contributed by atoms with Crippen LogP contribution in [0.15, 0.2) is 47.1 Å². The number of nitrogens with one attached hydrogen (secondary N) is 1. The molecule has 0 saturated carbocycles. The molecule has 1 amide bonds. The highest BCUT2D eigenvalue weighted by Crippen LogP contribution is 2.29. The van der Waals surface area contributed by atoms with Crippen LogP contribution >= 0.6 is 0 Å². The van der Waals surface area contributed by atoms with Crippen molar-refractivity contribution in [2.75, 3.05) is 13.2 Å². The Morgan fingerprint density at radius 3 is 2.61 bits per heavy atom. The van der Waals surface area contributed by atoms with Gasteiger partial charge in [0.15, 0.2) is 5.69 Å². The number of rotatable bonds is 6. The maximum absolute atomic E-state index is 12.5. The van der Waals surface area contributed by atoms with Gasteiger partial charge in [0.2, 0.25) is 5.82 Å². The molecular weight excluding hydrogens is 381 g/mol. The Morgan fingerprint density at radius 1 is 1.21 bits per heavy atom. The van der Waals surface area contributed by atoms with E-state index >= 15 is 0 Å². The molecule has 8 nitrogen and oxygen atoms in total. The minimum atomic E-state index is -4.70. The van der Waals surface area contributed by atoms with Gasteiger partial charge in [-0.05, 0) is 36.4 Å². The molecule has 146 valence electrons. The second kappa shape index (κ2) is 7.94. The third kappa shape index (κ3) is 4.55. The Hall–Kier alpha value is -3.63. The molecule has 0 atom stereocenters. The van der Waals surface area contributed by atoms with Gasteiger partial charge in [-0.1, -0.05) is 5.16 Å². The molecular formula is C17H13F3N4O4. The largest absolute Gasteiger partial charge is 0.505 e. The first kappa shape index (κ1) is 19.1. The van der Waals surface area contributed by atoms with Crippen LogP contribution in [0.25, 0.3) is 11.4 Å². The highest BCUT2D eigenvalue weighted by atomic mass is 19.4. The third-order valence-corrected chi connectivity index (χ3v) is 3.44. The minimum Gasteiger partial charge on any atom is -0.505 e. The van der Waals surface area contributed by atoms with E-state index in [1.165, 1.54) is 42.6 Å². The van der Waals surface area contributed by atoms with Crippen LogP contribution in [0.4, 0.5) is 13.2 Å². The van der Waals surface area contributed by atoms with Crippen molar-refractivity contribution in [3.8, 4) is 22.9 Å². The fourth-order valence-corrected chi connectivity index (χ4v) is 2.15. The number of pyridine rings is 1. The summed E-state index contributed by atoms with van der Waals surface area (Å²) in [6.07, 6.45) is -3.32. The molecule has 0 aliphatic carbocycles. The smallest absolute Gasteiger partial charge is 0.471 e. The van der Waals surface area contributed by atoms with Crippen LogP contribution in [0, 0.1) is 0 Å². The number of hydrogen-bond acceptors (Lipinski definition) is 7. The lowest BCUT2D eigenvalue weighted by Gasteiger charge is -2.08. The zero-order valence-electron chi connectivity index (χ0n) is 14.1. The molecule has 0 saturated heterocycles. The minimum absolute atomic E-state index is 0.0924. The van der Waals surface area contributed by atoms with Crippen LogP contribution in [-0.2, 0) is 6.18 Å². The van der Waals surface area contributed by atoms with Gasteiger partial charge in [-0.2, -0.15) is 18.2 Å². The Balaban J connectivity index is 1.50. The lowest BCUT2D eigenvalue weighted by atomic mass is 10.2. The summed E-state index contributed by atoms with van der Waals surface area (Å²) < 4.78 is 47.0. The standard InChI is InChI=1S/C17H13F3N4O4/c18-17(19,20)16-23-14(24-28-16)10-3-5-11(6-4-10)27-9-8-22-15(26)13-12(25)2-1-7-21-13/h1-7,25H,8-9H2,(H,22,26). The first-order chi connectivity index (χ1) is 13.3. The van der Waals surface area contributed by atoms with Crippen LogP contribution in [0.5, 0.6) is 11.5 Å². The topological polar surface area (TPSA) is 110 Å². The molecule has 0 spiro atoms. The molecule has 0 unspecified atom stereocenters. The number of nitrogens with zero attached hydrogens (tertiary/aromatic N) is 3.